The number of rotatable bonds is 7. The Balaban J connectivity index is -0.000000335. The van der Waals surface area contributed by atoms with Gasteiger partial charge < -0.3 is 0 Å². The van der Waals surface area contributed by atoms with Crippen molar-refractivity contribution in [1.29, 1.82) is 0 Å². The molecule has 0 aliphatic rings. The van der Waals surface area contributed by atoms with E-state index in [0.717, 1.165) is 0 Å². The molecule has 0 bridgehead atoms. The Morgan fingerprint density at radius 1 is 0.750 bits per heavy atom. The molecule has 0 fully saturated rings. The van der Waals surface area contributed by atoms with E-state index in [1.165, 1.54) is 20.8 Å². The maximum absolute atomic E-state index is 11.6. The van der Waals surface area contributed by atoms with E-state index in [2.05, 4.69) is 0 Å². The molecule has 8 heteroatoms. The van der Waals surface area contributed by atoms with Gasteiger partial charge in [-0.15, -0.1) is 0 Å². The molecule has 24 heavy (non-hydrogen) atoms. The van der Waals surface area contributed by atoms with Gasteiger partial charge in [-0.25, -0.2) is 0 Å². The van der Waals surface area contributed by atoms with Crippen LogP contribution >= 0.6 is 0 Å². The standard InChI is InChI=1S/C11H20O2.C5H8O2.2H2O.O.Ti/c1-7(2)11(8(3)4)10(13)6-9(5)12;1-4(6)3-5(2)7;;;;/h7-8,11H,6H2,1-5H3;3H2,1-2H3;2*1H2;;/q;;;;;+2/p-2. The van der Waals surface area contributed by atoms with Gasteiger partial charge in [-0.1, -0.05) is 27.7 Å². The van der Waals surface area contributed by atoms with Crippen molar-refractivity contribution in [2.45, 2.75) is 61.3 Å². The maximum atomic E-state index is 11.6. The number of hydrogen-bond acceptors (Lipinski definition) is 5. The average Bonchev–Trinajstić information content (AvgIpc) is 2.23. The molecule has 0 unspecified atom stereocenters. The monoisotopic (exact) mass is 382 g/mol. The van der Waals surface area contributed by atoms with Crippen molar-refractivity contribution in [2.75, 3.05) is 0 Å². The summed E-state index contributed by atoms with van der Waals surface area (Å²) in [7, 11) is 0. The second kappa shape index (κ2) is 15.6. The normalized spacial score (nSPS) is 9.67. The number of carbonyl (C=O) groups is 4. The van der Waals surface area contributed by atoms with E-state index in [9.17, 15) is 19.2 Å². The van der Waals surface area contributed by atoms with Gasteiger partial charge in [0.15, 0.2) is 0 Å². The molecular formula is C16H30O7Ti. The van der Waals surface area contributed by atoms with E-state index in [0.29, 0.717) is 11.8 Å². The second-order valence-electron chi connectivity index (χ2n) is 6.22. The van der Waals surface area contributed by atoms with Crippen molar-refractivity contribution in [3.8, 4) is 0 Å². The summed E-state index contributed by atoms with van der Waals surface area (Å²) in [4.78, 5) is 42.5. The zero-order valence-electron chi connectivity index (χ0n) is 15.6. The Kier molecular flexibility index (Phi) is 18.2. The summed E-state index contributed by atoms with van der Waals surface area (Å²) in [6.07, 6.45) is 0.182. The van der Waals surface area contributed by atoms with Crippen LogP contribution in [0, 0.1) is 17.8 Å². The first kappa shape index (κ1) is 27.9. The van der Waals surface area contributed by atoms with E-state index in [1.807, 2.05) is 27.7 Å². The molecule has 0 amide bonds. The fourth-order valence-electron chi connectivity index (χ4n) is 2.23. The van der Waals surface area contributed by atoms with E-state index in [4.69, 9.17) is 10.7 Å². The average molecular weight is 382 g/mol. The third kappa shape index (κ3) is 23.4. The fraction of sp³-hybridized carbons (Fsp3) is 0.750. The SMILES string of the molecule is CC(=O)CC(=O)C(C(C)C)C(C)C.CC(=O)CC(C)=O.[O]=[Ti]([OH])[OH]. The van der Waals surface area contributed by atoms with Crippen LogP contribution < -0.4 is 0 Å². The Bertz CT molecular complexity index is 418. The van der Waals surface area contributed by atoms with Gasteiger partial charge >= 0.3 is 29.3 Å². The van der Waals surface area contributed by atoms with Gasteiger partial charge in [0, 0.05) is 5.92 Å². The first-order chi connectivity index (χ1) is 10.7. The van der Waals surface area contributed by atoms with E-state index >= 15 is 0 Å². The second-order valence-corrected chi connectivity index (χ2v) is 7.10. The van der Waals surface area contributed by atoms with Gasteiger partial charge in [0.25, 0.3) is 0 Å². The van der Waals surface area contributed by atoms with Gasteiger partial charge in [0.2, 0.25) is 0 Å². The minimum atomic E-state index is -3.58. The van der Waals surface area contributed by atoms with Crippen LogP contribution in [-0.4, -0.2) is 30.5 Å². The summed E-state index contributed by atoms with van der Waals surface area (Å²) < 4.78 is 23.2. The van der Waals surface area contributed by atoms with Crippen molar-refractivity contribution < 1.29 is 48.5 Å². The molecule has 0 saturated carbocycles. The Morgan fingerprint density at radius 2 is 1.00 bits per heavy atom. The molecular weight excluding hydrogens is 352 g/mol. The Labute approximate surface area is 150 Å². The van der Waals surface area contributed by atoms with Crippen LogP contribution in [0.5, 0.6) is 0 Å². The molecule has 0 atom stereocenters. The molecule has 0 spiro atoms. The molecule has 0 heterocycles. The van der Waals surface area contributed by atoms with Crippen molar-refractivity contribution >= 4 is 23.1 Å². The summed E-state index contributed by atoms with van der Waals surface area (Å²) in [5.74, 6) is 0.622. The molecule has 2 N–H and O–H groups in total. The molecule has 0 aliphatic carbocycles. The van der Waals surface area contributed by atoms with Crippen molar-refractivity contribution in [3.63, 3.8) is 0 Å². The molecule has 0 aromatic heterocycles. The summed E-state index contributed by atoms with van der Waals surface area (Å²) >= 11 is -3.58. The van der Waals surface area contributed by atoms with Crippen LogP contribution in [0.15, 0.2) is 0 Å². The van der Waals surface area contributed by atoms with Crippen LogP contribution in [0.1, 0.15) is 61.3 Å². The Morgan fingerprint density at radius 3 is 1.12 bits per heavy atom. The van der Waals surface area contributed by atoms with Crippen molar-refractivity contribution in [1.82, 2.24) is 0 Å². The van der Waals surface area contributed by atoms with Crippen LogP contribution in [0.4, 0.5) is 0 Å². The third-order valence-corrected chi connectivity index (χ3v) is 2.73. The number of ketones is 4. The number of hydrogen-bond donors (Lipinski definition) is 2. The zero-order valence-corrected chi connectivity index (χ0v) is 17.1. The fourth-order valence-corrected chi connectivity index (χ4v) is 2.23. The molecule has 0 aliphatic heterocycles. The molecule has 0 rings (SSSR count). The van der Waals surface area contributed by atoms with Gasteiger partial charge in [-0.3, -0.25) is 19.2 Å². The quantitative estimate of drug-likeness (QED) is 0.508. The zero-order chi connectivity index (χ0) is 20.0. The Hall–Kier alpha value is -0.886. The van der Waals surface area contributed by atoms with Crippen molar-refractivity contribution in [3.05, 3.63) is 0 Å². The van der Waals surface area contributed by atoms with E-state index in [-0.39, 0.29) is 41.9 Å². The van der Waals surface area contributed by atoms with Crippen LogP contribution in [-0.2, 0) is 41.1 Å². The van der Waals surface area contributed by atoms with E-state index in [1.54, 1.807) is 0 Å². The molecule has 0 radical (unpaired) electrons. The van der Waals surface area contributed by atoms with Crippen LogP contribution in [0.25, 0.3) is 0 Å². The van der Waals surface area contributed by atoms with Crippen LogP contribution in [0.3, 0.4) is 0 Å². The van der Waals surface area contributed by atoms with Gasteiger partial charge in [-0.2, -0.15) is 0 Å². The van der Waals surface area contributed by atoms with E-state index < -0.39 is 18.6 Å². The molecule has 0 saturated heterocycles. The summed E-state index contributed by atoms with van der Waals surface area (Å²) in [6, 6.07) is 0. The molecule has 140 valence electrons. The number of carbonyl (C=O) groups excluding carboxylic acids is 4. The first-order valence-electron chi connectivity index (χ1n) is 7.65. The first-order valence-corrected chi connectivity index (χ1v) is 9.68. The molecule has 0 aromatic carbocycles. The van der Waals surface area contributed by atoms with Gasteiger partial charge in [0.1, 0.15) is 23.1 Å². The summed E-state index contributed by atoms with van der Waals surface area (Å²) in [5, 5.41) is 0. The summed E-state index contributed by atoms with van der Waals surface area (Å²) in [6.45, 7) is 12.4. The molecule has 0 aromatic rings. The predicted octanol–water partition coefficient (Wildman–Crippen LogP) is 1.78. The van der Waals surface area contributed by atoms with Crippen molar-refractivity contribution in [2.24, 2.45) is 17.8 Å². The van der Waals surface area contributed by atoms with Gasteiger partial charge in [0.05, 0.1) is 12.8 Å². The molecule has 7 nitrogen and oxygen atoms in total. The summed E-state index contributed by atoms with van der Waals surface area (Å²) in [5.41, 5.74) is 0. The topological polar surface area (TPSA) is 126 Å². The third-order valence-electron chi connectivity index (χ3n) is 2.73. The predicted molar refractivity (Wildman–Crippen MR) is 84.6 cm³/mol. The van der Waals surface area contributed by atoms with Crippen LogP contribution in [0.2, 0.25) is 0 Å². The number of Topliss-reactive ketones (excluding diaryl/α,β-unsaturated/α-hetero) is 4. The minimum absolute atomic E-state index is 0.0312. The van der Waals surface area contributed by atoms with Gasteiger partial charge in [-0.05, 0) is 32.6 Å².